The average Bonchev–Trinajstić information content (AvgIpc) is 2.71. The minimum absolute atomic E-state index is 0.0355. The molecule has 2 fully saturated rings. The molecule has 5 rings (SSSR count). The molecule has 0 spiro atoms. The Bertz CT molecular complexity index is 1100. The number of benzene rings is 2. The predicted molar refractivity (Wildman–Crippen MR) is 122 cm³/mol. The van der Waals surface area contributed by atoms with E-state index in [1.54, 1.807) is 12.1 Å². The van der Waals surface area contributed by atoms with Crippen LogP contribution in [0.3, 0.4) is 0 Å². The summed E-state index contributed by atoms with van der Waals surface area (Å²) in [5, 5.41) is 1.12. The highest BCUT2D eigenvalue weighted by Crippen LogP contribution is 2.25. The molecule has 2 aliphatic heterocycles. The van der Waals surface area contributed by atoms with Gasteiger partial charge in [0.1, 0.15) is 22.7 Å². The van der Waals surface area contributed by atoms with Gasteiger partial charge in [0.15, 0.2) is 0 Å². The van der Waals surface area contributed by atoms with Gasteiger partial charge in [0.2, 0.25) is 5.43 Å². The molecule has 6 heteroatoms. The third-order valence-electron chi connectivity index (χ3n) is 6.29. The summed E-state index contributed by atoms with van der Waals surface area (Å²) < 4.78 is 17.8. The van der Waals surface area contributed by atoms with Gasteiger partial charge >= 0.3 is 0 Å². The molecule has 0 unspecified atom stereocenters. The molecule has 2 aromatic carbocycles. The zero-order valence-electron chi connectivity index (χ0n) is 18.0. The molecule has 2 aliphatic rings. The molecular formula is C25H30N2O4. The van der Waals surface area contributed by atoms with Crippen LogP contribution in [0.1, 0.15) is 25.7 Å². The van der Waals surface area contributed by atoms with Gasteiger partial charge in [-0.25, -0.2) is 0 Å². The highest BCUT2D eigenvalue weighted by molar-refractivity contribution is 5.90. The van der Waals surface area contributed by atoms with E-state index >= 15 is 0 Å². The van der Waals surface area contributed by atoms with Crippen LogP contribution in [0.4, 0.5) is 0 Å². The minimum Gasteiger partial charge on any atom is -0.494 e. The van der Waals surface area contributed by atoms with Crippen LogP contribution < -0.4 is 14.9 Å². The van der Waals surface area contributed by atoms with Crippen molar-refractivity contribution in [2.24, 2.45) is 0 Å². The number of rotatable bonds is 10. The molecule has 164 valence electrons. The molecule has 3 aromatic rings. The van der Waals surface area contributed by atoms with Crippen LogP contribution in [0.15, 0.2) is 45.6 Å². The topological polar surface area (TPSA) is 55.1 Å². The maximum absolute atomic E-state index is 13.0. The van der Waals surface area contributed by atoms with Gasteiger partial charge in [0, 0.05) is 19.2 Å². The first-order valence-electron chi connectivity index (χ1n) is 11.5. The van der Waals surface area contributed by atoms with Crippen LogP contribution in [-0.2, 0) is 0 Å². The van der Waals surface area contributed by atoms with E-state index in [0.29, 0.717) is 40.9 Å². The maximum atomic E-state index is 13.0. The van der Waals surface area contributed by atoms with Crippen molar-refractivity contribution in [3.8, 4) is 11.5 Å². The molecule has 1 aromatic heterocycles. The van der Waals surface area contributed by atoms with Gasteiger partial charge in [-0.2, -0.15) is 0 Å². The van der Waals surface area contributed by atoms with Crippen LogP contribution in [0, 0.1) is 0 Å². The Morgan fingerprint density at radius 3 is 1.97 bits per heavy atom. The second-order valence-corrected chi connectivity index (χ2v) is 8.54. The average molecular weight is 423 g/mol. The lowest BCUT2D eigenvalue weighted by atomic mass is 10.1. The summed E-state index contributed by atoms with van der Waals surface area (Å²) in [4.78, 5) is 17.9. The van der Waals surface area contributed by atoms with Gasteiger partial charge in [-0.1, -0.05) is 0 Å². The van der Waals surface area contributed by atoms with E-state index in [0.717, 1.165) is 31.7 Å². The molecule has 6 nitrogen and oxygen atoms in total. The van der Waals surface area contributed by atoms with E-state index in [4.69, 9.17) is 13.9 Å². The van der Waals surface area contributed by atoms with Gasteiger partial charge in [-0.05, 0) is 82.2 Å². The Morgan fingerprint density at radius 2 is 1.35 bits per heavy atom. The van der Waals surface area contributed by atoms with Crippen LogP contribution in [0.25, 0.3) is 21.9 Å². The van der Waals surface area contributed by atoms with E-state index in [-0.39, 0.29) is 5.43 Å². The van der Waals surface area contributed by atoms with E-state index in [9.17, 15) is 4.79 Å². The van der Waals surface area contributed by atoms with Crippen molar-refractivity contribution in [1.82, 2.24) is 9.80 Å². The van der Waals surface area contributed by atoms with Crippen molar-refractivity contribution in [2.45, 2.75) is 25.7 Å². The molecule has 0 radical (unpaired) electrons. The number of hydrogen-bond acceptors (Lipinski definition) is 6. The lowest BCUT2D eigenvalue weighted by molar-refractivity contribution is 0.165. The third-order valence-corrected chi connectivity index (χ3v) is 6.29. The van der Waals surface area contributed by atoms with Gasteiger partial charge < -0.3 is 23.7 Å². The second kappa shape index (κ2) is 9.28. The van der Waals surface area contributed by atoms with Crippen LogP contribution >= 0.6 is 0 Å². The monoisotopic (exact) mass is 422 g/mol. The highest BCUT2D eigenvalue weighted by atomic mass is 16.5. The van der Waals surface area contributed by atoms with Crippen LogP contribution in [-0.4, -0.2) is 62.3 Å². The van der Waals surface area contributed by atoms with Gasteiger partial charge in [-0.3, -0.25) is 4.79 Å². The van der Waals surface area contributed by atoms with Crippen molar-refractivity contribution < 1.29 is 13.9 Å². The Hall–Kier alpha value is -2.57. The summed E-state index contributed by atoms with van der Waals surface area (Å²) in [5.74, 6) is 1.45. The molecule has 3 heterocycles. The second-order valence-electron chi connectivity index (χ2n) is 8.54. The quantitative estimate of drug-likeness (QED) is 0.365. The van der Waals surface area contributed by atoms with E-state index in [2.05, 4.69) is 9.80 Å². The molecule has 0 atom stereocenters. The largest absolute Gasteiger partial charge is 0.494 e. The van der Waals surface area contributed by atoms with Crippen molar-refractivity contribution in [3.63, 3.8) is 0 Å². The molecule has 31 heavy (non-hydrogen) atoms. The fourth-order valence-corrected chi connectivity index (χ4v) is 4.16. The summed E-state index contributed by atoms with van der Waals surface area (Å²) in [6.07, 6.45) is 4.61. The number of nitrogens with zero attached hydrogens (tertiary/aromatic N) is 2. The maximum Gasteiger partial charge on any atom is 0.200 e. The Balaban J connectivity index is 1.25. The number of ether oxygens (including phenoxy) is 2. The van der Waals surface area contributed by atoms with E-state index < -0.39 is 0 Å². The normalized spacial score (nSPS) is 16.9. The van der Waals surface area contributed by atoms with Gasteiger partial charge in [-0.15, -0.1) is 0 Å². The van der Waals surface area contributed by atoms with Crippen molar-refractivity contribution in [2.75, 3.05) is 52.5 Å². The Kier molecular flexibility index (Phi) is 6.09. The summed E-state index contributed by atoms with van der Waals surface area (Å²) in [5.41, 5.74) is 1.09. The number of hydrogen-bond donors (Lipinski definition) is 0. The molecule has 0 bridgehead atoms. The third kappa shape index (κ3) is 4.70. The van der Waals surface area contributed by atoms with E-state index in [1.165, 1.54) is 39.0 Å². The van der Waals surface area contributed by atoms with Gasteiger partial charge in [0.05, 0.1) is 24.0 Å². The number of likely N-dealkylation sites (tertiary alicyclic amines) is 2. The first kappa shape index (κ1) is 20.3. The standard InChI is InChI=1S/C25H30N2O4/c28-25-21-7-5-20(30-16-4-14-27-11-2-12-27)18-24(21)31-23-8-6-19(17-22(23)25)29-15-3-13-26-9-1-10-26/h5-8,17-18H,1-4,9-16H2. The SMILES string of the molecule is O=c1c2ccc(OCCCN3CCC3)cc2oc2ccc(OCCCN3CCC3)cc12. The fourth-order valence-electron chi connectivity index (χ4n) is 4.16. The number of fused-ring (bicyclic) bond motifs is 2. The first-order valence-corrected chi connectivity index (χ1v) is 11.5. The molecular weight excluding hydrogens is 392 g/mol. The molecule has 2 saturated heterocycles. The van der Waals surface area contributed by atoms with E-state index in [1.807, 2.05) is 24.3 Å². The molecule has 0 saturated carbocycles. The van der Waals surface area contributed by atoms with Crippen LogP contribution in [0.5, 0.6) is 11.5 Å². The van der Waals surface area contributed by atoms with Gasteiger partial charge in [0.25, 0.3) is 0 Å². The zero-order chi connectivity index (χ0) is 21.0. The lowest BCUT2D eigenvalue weighted by Crippen LogP contribution is -2.38. The molecule has 0 N–H and O–H groups in total. The summed E-state index contributed by atoms with van der Waals surface area (Å²) in [7, 11) is 0. The molecule has 0 aliphatic carbocycles. The minimum atomic E-state index is -0.0355. The first-order chi connectivity index (χ1) is 15.3. The van der Waals surface area contributed by atoms with Crippen molar-refractivity contribution in [1.29, 1.82) is 0 Å². The Labute approximate surface area is 182 Å². The van der Waals surface area contributed by atoms with Crippen molar-refractivity contribution in [3.05, 3.63) is 46.6 Å². The predicted octanol–water partition coefficient (Wildman–Crippen LogP) is 3.90. The zero-order valence-corrected chi connectivity index (χ0v) is 18.0. The highest BCUT2D eigenvalue weighted by Gasteiger charge is 2.14. The fraction of sp³-hybridized carbons (Fsp3) is 0.480. The smallest absolute Gasteiger partial charge is 0.200 e. The Morgan fingerprint density at radius 1 is 0.742 bits per heavy atom. The van der Waals surface area contributed by atoms with Crippen molar-refractivity contribution >= 4 is 21.9 Å². The summed E-state index contributed by atoms with van der Waals surface area (Å²) in [6, 6.07) is 11.0. The summed E-state index contributed by atoms with van der Waals surface area (Å²) in [6.45, 7) is 8.29. The molecule has 0 amide bonds. The summed E-state index contributed by atoms with van der Waals surface area (Å²) >= 11 is 0. The van der Waals surface area contributed by atoms with Crippen LogP contribution in [0.2, 0.25) is 0 Å². The lowest BCUT2D eigenvalue weighted by Gasteiger charge is -2.30.